The van der Waals surface area contributed by atoms with Crippen molar-refractivity contribution in [3.8, 4) is 0 Å². The van der Waals surface area contributed by atoms with E-state index in [9.17, 15) is 29.4 Å². The zero-order valence-corrected chi connectivity index (χ0v) is 29.8. The maximum atomic E-state index is 14.1. The highest BCUT2D eigenvalue weighted by Crippen LogP contribution is 2.40. The second-order valence-electron chi connectivity index (χ2n) is 14.4. The molecule has 13 heteroatoms. The molecule has 3 aliphatic rings. The van der Waals surface area contributed by atoms with Gasteiger partial charge in [0, 0.05) is 30.5 Å². The number of carbonyl (C=O) groups is 4. The number of ketones is 2. The van der Waals surface area contributed by atoms with E-state index in [0.29, 0.717) is 12.1 Å². The number of carbonyl (C=O) groups excluding carboxylic acids is 4. The van der Waals surface area contributed by atoms with Gasteiger partial charge in [0.1, 0.15) is 36.9 Å². The number of cyclic esters (lactones) is 1. The number of fused-ring (bicyclic) bond motifs is 5. The lowest BCUT2D eigenvalue weighted by atomic mass is 9.73. The zero-order chi connectivity index (χ0) is 35.6. The van der Waals surface area contributed by atoms with Gasteiger partial charge in [-0.3, -0.25) is 19.2 Å². The molecular weight excluding hydrogens is 612 g/mol. The minimum Gasteiger partial charge on any atom is -0.459 e. The van der Waals surface area contributed by atoms with Crippen LogP contribution in [0.15, 0.2) is 4.99 Å². The largest absolute Gasteiger partial charge is 0.459 e. The lowest BCUT2D eigenvalue weighted by molar-refractivity contribution is -0.296. The fourth-order valence-electron chi connectivity index (χ4n) is 7.55. The Kier molecular flexibility index (Phi) is 13.1. The third-order valence-electron chi connectivity index (χ3n) is 10.1. The molecule has 0 aromatic carbocycles. The fraction of sp³-hybridized carbons (Fsp3) is 0.853. The highest BCUT2D eigenvalue weighted by molar-refractivity contribution is 6.00. The number of likely N-dealkylation sites (N-methyl/N-ethyl adjacent to an activating group) is 1. The van der Waals surface area contributed by atoms with Crippen LogP contribution in [0.1, 0.15) is 81.6 Å². The molecule has 3 fully saturated rings. The SMILES string of the molecule is CC[C@H]1OC(=O)C(C)C(=O)[C@H](C)[C@@H](O[C@@H]2O[C@H](C)C[C@H](N(C)C)[C@H]2O)C2(C)C[C@@H](C)C(=NC(C)=O)[C@H](C)[C@@H](OCC(=O)CO2)[C@]1(C)O. The Hall–Kier alpha value is -2.13. The number of aliphatic hydroxyl groups is 2. The summed E-state index contributed by atoms with van der Waals surface area (Å²) in [7, 11) is 3.69. The summed E-state index contributed by atoms with van der Waals surface area (Å²) in [6.45, 7) is 13.8. The zero-order valence-electron chi connectivity index (χ0n) is 29.8. The Bertz CT molecular complexity index is 1190. The number of esters is 1. The first-order valence-electron chi connectivity index (χ1n) is 16.7. The van der Waals surface area contributed by atoms with Crippen molar-refractivity contribution in [1.29, 1.82) is 0 Å². The first-order valence-corrected chi connectivity index (χ1v) is 16.7. The van der Waals surface area contributed by atoms with Crippen molar-refractivity contribution < 1.29 is 53.1 Å². The van der Waals surface area contributed by atoms with Gasteiger partial charge in [0.2, 0.25) is 5.91 Å². The Balaban J connectivity index is 2.29. The van der Waals surface area contributed by atoms with Crippen LogP contribution in [0.5, 0.6) is 0 Å². The summed E-state index contributed by atoms with van der Waals surface area (Å²) in [5, 5.41) is 23.4. The standard InChI is InChI=1S/C34H56N2O11/c1-12-25-34(9,42)30-19(4)26(35-22(7)37)17(2)14-33(8,44-16-23(38)15-43-30)29(20(5)27(39)21(6)31(41)46-25)47-32-28(40)24(36(10)11)13-18(3)45-32/h17-21,24-25,28-30,32,40,42H,12-16H2,1-11H3/t17-,18-,19+,20+,21?,24+,25-,28-,29-,30-,32+,33?,34-/m1/s1. The van der Waals surface area contributed by atoms with Gasteiger partial charge in [-0.05, 0) is 67.0 Å². The first kappa shape index (κ1) is 39.3. The number of nitrogens with zero attached hydrogens (tertiary/aromatic N) is 2. The molecule has 2 bridgehead atoms. The molecule has 268 valence electrons. The number of amides is 1. The molecule has 0 aromatic rings. The molecule has 3 rings (SSSR count). The van der Waals surface area contributed by atoms with E-state index in [2.05, 4.69) is 4.99 Å². The van der Waals surface area contributed by atoms with Crippen molar-refractivity contribution in [3.05, 3.63) is 0 Å². The van der Waals surface area contributed by atoms with Crippen LogP contribution < -0.4 is 0 Å². The van der Waals surface area contributed by atoms with Gasteiger partial charge in [0.25, 0.3) is 0 Å². The summed E-state index contributed by atoms with van der Waals surface area (Å²) in [5.41, 5.74) is -2.88. The summed E-state index contributed by atoms with van der Waals surface area (Å²) in [4.78, 5) is 59.7. The summed E-state index contributed by atoms with van der Waals surface area (Å²) >= 11 is 0. The summed E-state index contributed by atoms with van der Waals surface area (Å²) < 4.78 is 31.0. The topological polar surface area (TPSA) is 170 Å². The van der Waals surface area contributed by atoms with Crippen LogP contribution in [0.2, 0.25) is 0 Å². The molecule has 0 radical (unpaired) electrons. The lowest BCUT2D eigenvalue weighted by Gasteiger charge is -2.47. The van der Waals surface area contributed by atoms with Gasteiger partial charge in [0.15, 0.2) is 17.9 Å². The Morgan fingerprint density at radius 3 is 2.28 bits per heavy atom. The van der Waals surface area contributed by atoms with Crippen LogP contribution in [0.4, 0.5) is 0 Å². The highest BCUT2D eigenvalue weighted by atomic mass is 16.7. The predicted octanol–water partition coefficient (Wildman–Crippen LogP) is 2.12. The normalized spacial score (nSPS) is 44.0. The van der Waals surface area contributed by atoms with E-state index in [4.69, 9.17) is 23.7 Å². The van der Waals surface area contributed by atoms with Crippen LogP contribution in [0, 0.1) is 23.7 Å². The molecular formula is C34H56N2O11. The van der Waals surface area contributed by atoms with E-state index >= 15 is 0 Å². The van der Waals surface area contributed by atoms with Gasteiger partial charge in [-0.15, -0.1) is 0 Å². The second kappa shape index (κ2) is 15.6. The summed E-state index contributed by atoms with van der Waals surface area (Å²) in [5.74, 6) is -5.80. The minimum absolute atomic E-state index is 0.111. The van der Waals surface area contributed by atoms with Crippen molar-refractivity contribution in [3.63, 3.8) is 0 Å². The van der Waals surface area contributed by atoms with Gasteiger partial charge < -0.3 is 38.8 Å². The third kappa shape index (κ3) is 8.73. The first-order chi connectivity index (χ1) is 21.7. The van der Waals surface area contributed by atoms with Gasteiger partial charge in [-0.25, -0.2) is 4.99 Å². The predicted molar refractivity (Wildman–Crippen MR) is 172 cm³/mol. The molecule has 0 spiro atoms. The van der Waals surface area contributed by atoms with Crippen molar-refractivity contribution in [2.24, 2.45) is 28.7 Å². The molecule has 2 unspecified atom stereocenters. The molecule has 3 heterocycles. The van der Waals surface area contributed by atoms with E-state index in [1.165, 1.54) is 20.8 Å². The molecule has 47 heavy (non-hydrogen) atoms. The van der Waals surface area contributed by atoms with Crippen molar-refractivity contribution in [1.82, 2.24) is 4.90 Å². The summed E-state index contributed by atoms with van der Waals surface area (Å²) in [6.07, 6.45) is -5.15. The minimum atomic E-state index is -1.85. The molecule has 13 nitrogen and oxygen atoms in total. The quantitative estimate of drug-likeness (QED) is 0.331. The van der Waals surface area contributed by atoms with Crippen LogP contribution >= 0.6 is 0 Å². The van der Waals surface area contributed by atoms with Crippen LogP contribution in [0.3, 0.4) is 0 Å². The Morgan fingerprint density at radius 2 is 1.70 bits per heavy atom. The number of hydrogen-bond acceptors (Lipinski definition) is 12. The number of aliphatic hydroxyl groups excluding tert-OH is 1. The summed E-state index contributed by atoms with van der Waals surface area (Å²) in [6, 6.07) is -0.313. The highest BCUT2D eigenvalue weighted by Gasteiger charge is 2.53. The molecule has 0 aromatic heterocycles. The van der Waals surface area contributed by atoms with Gasteiger partial charge in [0.05, 0.1) is 23.9 Å². The van der Waals surface area contributed by atoms with Crippen LogP contribution in [-0.2, 0) is 42.9 Å². The van der Waals surface area contributed by atoms with Crippen LogP contribution in [-0.4, -0.2) is 126 Å². The number of Topliss-reactive ketones (excluding diaryl/α,β-unsaturated/α-hetero) is 2. The van der Waals surface area contributed by atoms with E-state index < -0.39 is 102 Å². The number of rotatable bonds is 4. The smallest absolute Gasteiger partial charge is 0.316 e. The molecule has 0 saturated carbocycles. The van der Waals surface area contributed by atoms with Crippen molar-refractivity contribution in [2.75, 3.05) is 27.3 Å². The number of ether oxygens (including phenoxy) is 5. The van der Waals surface area contributed by atoms with E-state index in [0.717, 1.165) is 0 Å². The Labute approximate surface area is 278 Å². The van der Waals surface area contributed by atoms with Crippen molar-refractivity contribution >= 4 is 29.2 Å². The molecule has 13 atom stereocenters. The molecule has 0 aliphatic carbocycles. The van der Waals surface area contributed by atoms with Crippen LogP contribution in [0.25, 0.3) is 0 Å². The van der Waals surface area contributed by atoms with Gasteiger partial charge >= 0.3 is 5.97 Å². The monoisotopic (exact) mass is 668 g/mol. The average molecular weight is 669 g/mol. The lowest BCUT2D eigenvalue weighted by Crippen LogP contribution is -2.60. The Morgan fingerprint density at radius 1 is 1.06 bits per heavy atom. The third-order valence-corrected chi connectivity index (χ3v) is 10.1. The maximum Gasteiger partial charge on any atom is 0.316 e. The molecule has 2 N–H and O–H groups in total. The van der Waals surface area contributed by atoms with E-state index in [1.807, 2.05) is 32.8 Å². The van der Waals surface area contributed by atoms with Gasteiger partial charge in [-0.2, -0.15) is 0 Å². The molecule has 1 amide bonds. The molecule has 3 aliphatic heterocycles. The fourth-order valence-corrected chi connectivity index (χ4v) is 7.55. The number of aliphatic imine (C=N–C) groups is 1. The van der Waals surface area contributed by atoms with Gasteiger partial charge in [-0.1, -0.05) is 27.7 Å². The van der Waals surface area contributed by atoms with E-state index in [1.54, 1.807) is 27.7 Å². The maximum absolute atomic E-state index is 14.1. The average Bonchev–Trinajstić information content (AvgIpc) is 3.00. The second-order valence-corrected chi connectivity index (χ2v) is 14.4. The van der Waals surface area contributed by atoms with E-state index in [-0.39, 0.29) is 25.0 Å². The van der Waals surface area contributed by atoms with Crippen molar-refractivity contribution in [2.45, 2.75) is 136 Å². The number of hydrogen-bond donors (Lipinski definition) is 2. The molecule has 3 saturated heterocycles.